The Kier molecular flexibility index (Phi) is 2.35. The van der Waals surface area contributed by atoms with Gasteiger partial charge < -0.3 is 4.42 Å². The maximum Gasteiger partial charge on any atom is 0.177 e. The minimum absolute atomic E-state index is 0.575. The molecule has 106 valence electrons. The average Bonchev–Trinajstić information content (AvgIpc) is 3.03. The van der Waals surface area contributed by atoms with Crippen molar-refractivity contribution in [2.45, 2.75) is 0 Å². The number of fused-ring (bicyclic) bond motifs is 6. The lowest BCUT2D eigenvalue weighted by Gasteiger charge is -2.07. The molecule has 0 amide bonds. The fraction of sp³-hybridized carbons (Fsp3) is 0. The Morgan fingerprint density at radius 1 is 0.652 bits per heavy atom. The molecular weight excluding hydrogens is 280 g/mol. The van der Waals surface area contributed by atoms with Gasteiger partial charge in [-0.2, -0.15) is 0 Å². The summed E-state index contributed by atoms with van der Waals surface area (Å²) in [6, 6.07) is 23.4. The Morgan fingerprint density at radius 3 is 2.22 bits per heavy atom. The highest BCUT2D eigenvalue weighted by Crippen LogP contribution is 2.34. The van der Waals surface area contributed by atoms with Gasteiger partial charge in [0.05, 0.1) is 0 Å². The van der Waals surface area contributed by atoms with Crippen LogP contribution in [0, 0.1) is 12.3 Å². The Morgan fingerprint density at radius 2 is 1.39 bits per heavy atom. The molecule has 0 N–H and O–H groups in total. The van der Waals surface area contributed by atoms with Gasteiger partial charge in [-0.3, -0.25) is 0 Å². The first-order valence-corrected chi connectivity index (χ1v) is 7.58. The molecule has 5 aromatic rings. The van der Waals surface area contributed by atoms with Crippen LogP contribution in [0.5, 0.6) is 0 Å². The highest BCUT2D eigenvalue weighted by molar-refractivity contribution is 6.18. The van der Waals surface area contributed by atoms with Gasteiger partial charge in [-0.15, -0.1) is 6.42 Å². The van der Waals surface area contributed by atoms with Gasteiger partial charge in [0, 0.05) is 11.5 Å². The molecule has 1 nitrogen and oxygen atoms in total. The normalized spacial score (nSPS) is 11.4. The second-order valence-corrected chi connectivity index (χ2v) is 5.81. The summed E-state index contributed by atoms with van der Waals surface area (Å²) >= 11 is 0. The van der Waals surface area contributed by atoms with Crippen molar-refractivity contribution in [1.82, 2.24) is 0 Å². The molecule has 0 bridgehead atoms. The molecule has 0 aliphatic carbocycles. The molecule has 0 unspecified atom stereocenters. The summed E-state index contributed by atoms with van der Waals surface area (Å²) in [5.74, 6) is 3.15. The first-order chi connectivity index (χ1) is 11.3. The van der Waals surface area contributed by atoms with Crippen LogP contribution in [0.2, 0.25) is 0 Å². The molecule has 5 rings (SSSR count). The van der Waals surface area contributed by atoms with E-state index in [1.807, 2.05) is 12.1 Å². The van der Waals surface area contributed by atoms with Crippen LogP contribution in [0.4, 0.5) is 0 Å². The second kappa shape index (κ2) is 4.38. The molecule has 0 saturated carbocycles. The van der Waals surface area contributed by atoms with E-state index in [1.165, 1.54) is 32.3 Å². The number of hydrogen-bond acceptors (Lipinski definition) is 1. The number of terminal acetylenes is 1. The standard InChI is InChI=1S/C22H12O/c1-2-17-13-21-19-8-7-16-11-14-5-3-4-6-15(14)12-20(16)18(19)9-10-22(21)23-17/h1,3-13H. The lowest BCUT2D eigenvalue weighted by molar-refractivity contribution is 0.601. The molecule has 1 aromatic heterocycles. The maximum absolute atomic E-state index is 5.67. The molecule has 0 aliphatic rings. The Balaban J connectivity index is 1.98. The van der Waals surface area contributed by atoms with Crippen molar-refractivity contribution in [3.8, 4) is 12.3 Å². The van der Waals surface area contributed by atoms with Gasteiger partial charge in [-0.05, 0) is 56.4 Å². The fourth-order valence-electron chi connectivity index (χ4n) is 3.42. The van der Waals surface area contributed by atoms with Gasteiger partial charge >= 0.3 is 0 Å². The molecule has 23 heavy (non-hydrogen) atoms. The molecule has 0 aliphatic heterocycles. The summed E-state index contributed by atoms with van der Waals surface area (Å²) in [6.45, 7) is 0. The van der Waals surface area contributed by atoms with E-state index in [9.17, 15) is 0 Å². The van der Waals surface area contributed by atoms with Gasteiger partial charge in [-0.1, -0.05) is 42.5 Å². The number of hydrogen-bond donors (Lipinski definition) is 0. The molecule has 0 atom stereocenters. The lowest BCUT2D eigenvalue weighted by Crippen LogP contribution is -1.80. The van der Waals surface area contributed by atoms with Crippen LogP contribution in [0.25, 0.3) is 43.3 Å². The predicted octanol–water partition coefficient (Wildman–Crippen LogP) is 5.87. The van der Waals surface area contributed by atoms with E-state index in [0.29, 0.717) is 5.76 Å². The Hall–Kier alpha value is -3.24. The first kappa shape index (κ1) is 12.3. The van der Waals surface area contributed by atoms with Crippen LogP contribution in [0.15, 0.2) is 71.1 Å². The summed E-state index contributed by atoms with van der Waals surface area (Å²) in [5, 5.41) is 8.50. The zero-order valence-corrected chi connectivity index (χ0v) is 12.3. The fourth-order valence-corrected chi connectivity index (χ4v) is 3.42. The van der Waals surface area contributed by atoms with Crippen LogP contribution in [0.1, 0.15) is 5.76 Å². The zero-order valence-electron chi connectivity index (χ0n) is 12.3. The zero-order chi connectivity index (χ0) is 15.4. The van der Waals surface area contributed by atoms with Crippen molar-refractivity contribution in [2.75, 3.05) is 0 Å². The van der Waals surface area contributed by atoms with Crippen molar-refractivity contribution in [2.24, 2.45) is 0 Å². The van der Waals surface area contributed by atoms with Gasteiger partial charge in [0.1, 0.15) is 5.58 Å². The van der Waals surface area contributed by atoms with E-state index < -0.39 is 0 Å². The molecule has 4 aromatic carbocycles. The predicted molar refractivity (Wildman–Crippen MR) is 96.7 cm³/mol. The van der Waals surface area contributed by atoms with Crippen LogP contribution in [-0.4, -0.2) is 0 Å². The molecule has 0 fully saturated rings. The topological polar surface area (TPSA) is 13.1 Å². The SMILES string of the molecule is C#Cc1cc2c(ccc3c4cc5ccccc5cc4ccc23)o1. The van der Waals surface area contributed by atoms with Crippen molar-refractivity contribution in [3.05, 3.63) is 72.5 Å². The second-order valence-electron chi connectivity index (χ2n) is 5.81. The third kappa shape index (κ3) is 1.69. The van der Waals surface area contributed by atoms with E-state index in [4.69, 9.17) is 10.8 Å². The van der Waals surface area contributed by atoms with Crippen molar-refractivity contribution in [3.63, 3.8) is 0 Å². The minimum atomic E-state index is 0.575. The summed E-state index contributed by atoms with van der Waals surface area (Å²) in [6.07, 6.45) is 5.47. The van der Waals surface area contributed by atoms with Crippen LogP contribution in [0.3, 0.4) is 0 Å². The minimum Gasteiger partial charge on any atom is -0.448 e. The van der Waals surface area contributed by atoms with Gasteiger partial charge in [-0.25, -0.2) is 0 Å². The first-order valence-electron chi connectivity index (χ1n) is 7.58. The smallest absolute Gasteiger partial charge is 0.177 e. The van der Waals surface area contributed by atoms with E-state index in [-0.39, 0.29) is 0 Å². The quantitative estimate of drug-likeness (QED) is 0.197. The van der Waals surface area contributed by atoms with E-state index in [2.05, 4.69) is 60.5 Å². The average molecular weight is 292 g/mol. The molecule has 1 heteroatoms. The Bertz CT molecular complexity index is 1270. The summed E-state index contributed by atoms with van der Waals surface area (Å²) in [5.41, 5.74) is 0.839. The third-order valence-electron chi connectivity index (χ3n) is 4.52. The van der Waals surface area contributed by atoms with Gasteiger partial charge in [0.2, 0.25) is 0 Å². The number of rotatable bonds is 0. The molecule has 0 radical (unpaired) electrons. The van der Waals surface area contributed by atoms with E-state index in [1.54, 1.807) is 0 Å². The summed E-state index contributed by atoms with van der Waals surface area (Å²) in [4.78, 5) is 0. The maximum atomic E-state index is 5.67. The van der Waals surface area contributed by atoms with Gasteiger partial charge in [0.15, 0.2) is 5.76 Å². The highest BCUT2D eigenvalue weighted by Gasteiger charge is 2.09. The summed E-state index contributed by atoms with van der Waals surface area (Å²) < 4.78 is 5.67. The third-order valence-corrected chi connectivity index (χ3v) is 4.52. The lowest BCUT2D eigenvalue weighted by atomic mass is 9.97. The molecule has 0 saturated heterocycles. The molecule has 1 heterocycles. The molecular formula is C22H12O. The Labute approximate surface area is 133 Å². The van der Waals surface area contributed by atoms with Crippen LogP contribution in [-0.2, 0) is 0 Å². The van der Waals surface area contributed by atoms with Crippen LogP contribution < -0.4 is 0 Å². The van der Waals surface area contributed by atoms with Crippen molar-refractivity contribution in [1.29, 1.82) is 0 Å². The van der Waals surface area contributed by atoms with E-state index in [0.717, 1.165) is 11.0 Å². The van der Waals surface area contributed by atoms with Crippen molar-refractivity contribution < 1.29 is 4.42 Å². The highest BCUT2D eigenvalue weighted by atomic mass is 16.3. The monoisotopic (exact) mass is 292 g/mol. The number of benzene rings is 4. The number of furan rings is 1. The van der Waals surface area contributed by atoms with Crippen LogP contribution >= 0.6 is 0 Å². The van der Waals surface area contributed by atoms with Crippen molar-refractivity contribution >= 4 is 43.3 Å². The largest absolute Gasteiger partial charge is 0.448 e. The van der Waals surface area contributed by atoms with Gasteiger partial charge in [0.25, 0.3) is 0 Å². The molecule has 0 spiro atoms. The van der Waals surface area contributed by atoms with E-state index >= 15 is 0 Å². The summed E-state index contributed by atoms with van der Waals surface area (Å²) in [7, 11) is 0.